The number of aryl methyl sites for hydroxylation is 1. The zero-order valence-electron chi connectivity index (χ0n) is 15.4. The minimum absolute atomic E-state index is 0.00743. The SMILES string of the molecule is COc1cccc(-c2cc(=O)c3c(-c4cccs4)cc(OC)cc3n2C)c1. The molecule has 0 fully saturated rings. The Hall–Kier alpha value is -3.05. The van der Waals surface area contributed by atoms with Crippen LogP contribution >= 0.6 is 11.3 Å². The molecule has 5 heteroatoms. The van der Waals surface area contributed by atoms with Crippen molar-refractivity contribution in [3.63, 3.8) is 0 Å². The molecule has 4 aromatic rings. The van der Waals surface area contributed by atoms with Crippen LogP contribution < -0.4 is 14.9 Å². The second kappa shape index (κ2) is 6.93. The summed E-state index contributed by atoms with van der Waals surface area (Å²) in [6.45, 7) is 0. The molecule has 27 heavy (non-hydrogen) atoms. The largest absolute Gasteiger partial charge is 0.497 e. The highest BCUT2D eigenvalue weighted by molar-refractivity contribution is 7.13. The second-order valence-corrected chi connectivity index (χ2v) is 7.18. The summed E-state index contributed by atoms with van der Waals surface area (Å²) in [4.78, 5) is 14.2. The third kappa shape index (κ3) is 3.00. The molecule has 2 heterocycles. The van der Waals surface area contributed by atoms with Crippen molar-refractivity contribution in [2.24, 2.45) is 7.05 Å². The summed E-state index contributed by atoms with van der Waals surface area (Å²) in [7, 11) is 5.24. The summed E-state index contributed by atoms with van der Waals surface area (Å²) in [6.07, 6.45) is 0. The van der Waals surface area contributed by atoms with Crippen molar-refractivity contribution in [1.82, 2.24) is 4.57 Å². The van der Waals surface area contributed by atoms with Gasteiger partial charge in [0.15, 0.2) is 5.43 Å². The van der Waals surface area contributed by atoms with Crippen molar-refractivity contribution in [1.29, 1.82) is 0 Å². The van der Waals surface area contributed by atoms with Gasteiger partial charge in [0, 0.05) is 35.2 Å². The quantitative estimate of drug-likeness (QED) is 0.505. The summed E-state index contributed by atoms with van der Waals surface area (Å²) in [5.74, 6) is 1.48. The summed E-state index contributed by atoms with van der Waals surface area (Å²) in [5.41, 5.74) is 3.49. The molecule has 0 atom stereocenters. The first-order valence-corrected chi connectivity index (χ1v) is 9.40. The topological polar surface area (TPSA) is 40.5 Å². The van der Waals surface area contributed by atoms with Crippen LogP contribution in [-0.2, 0) is 7.05 Å². The van der Waals surface area contributed by atoms with Gasteiger partial charge >= 0.3 is 0 Å². The number of hydrogen-bond donors (Lipinski definition) is 0. The summed E-state index contributed by atoms with van der Waals surface area (Å²) < 4.78 is 12.9. The Balaban J connectivity index is 2.06. The highest BCUT2D eigenvalue weighted by atomic mass is 32.1. The average Bonchev–Trinajstić information content (AvgIpc) is 3.24. The van der Waals surface area contributed by atoms with Crippen LogP contribution in [0.15, 0.2) is 64.8 Å². The molecule has 136 valence electrons. The molecule has 4 nitrogen and oxygen atoms in total. The number of thiophene rings is 1. The van der Waals surface area contributed by atoms with Gasteiger partial charge in [-0.2, -0.15) is 0 Å². The molecule has 0 spiro atoms. The zero-order chi connectivity index (χ0) is 19.0. The lowest BCUT2D eigenvalue weighted by atomic mass is 10.0. The van der Waals surface area contributed by atoms with E-state index in [4.69, 9.17) is 9.47 Å². The lowest BCUT2D eigenvalue weighted by Crippen LogP contribution is -2.10. The summed E-state index contributed by atoms with van der Waals surface area (Å²) >= 11 is 1.61. The van der Waals surface area contributed by atoms with Crippen molar-refractivity contribution in [2.45, 2.75) is 0 Å². The first kappa shape index (κ1) is 17.4. The maximum atomic E-state index is 13.1. The van der Waals surface area contributed by atoms with Crippen LogP contribution in [0.4, 0.5) is 0 Å². The molecule has 2 aromatic carbocycles. The molecular weight excluding hydrogens is 358 g/mol. The van der Waals surface area contributed by atoms with E-state index in [-0.39, 0.29) is 5.43 Å². The number of benzene rings is 2. The molecule has 0 aliphatic heterocycles. The second-order valence-electron chi connectivity index (χ2n) is 6.23. The molecule has 0 radical (unpaired) electrons. The van der Waals surface area contributed by atoms with E-state index >= 15 is 0 Å². The van der Waals surface area contributed by atoms with Crippen LogP contribution in [0.5, 0.6) is 11.5 Å². The van der Waals surface area contributed by atoms with E-state index in [1.807, 2.05) is 65.5 Å². The molecule has 0 aliphatic carbocycles. The third-order valence-corrected chi connectivity index (χ3v) is 5.62. The van der Waals surface area contributed by atoms with E-state index in [0.29, 0.717) is 5.39 Å². The smallest absolute Gasteiger partial charge is 0.190 e. The van der Waals surface area contributed by atoms with Gasteiger partial charge < -0.3 is 14.0 Å². The average molecular weight is 377 g/mol. The number of ether oxygens (including phenoxy) is 2. The number of fused-ring (bicyclic) bond motifs is 1. The summed E-state index contributed by atoms with van der Waals surface area (Å²) in [6, 6.07) is 17.3. The molecule has 0 saturated heterocycles. The van der Waals surface area contributed by atoms with Crippen molar-refractivity contribution in [3.8, 4) is 33.2 Å². The number of rotatable bonds is 4. The van der Waals surface area contributed by atoms with Gasteiger partial charge in [0.2, 0.25) is 0 Å². The van der Waals surface area contributed by atoms with Crippen LogP contribution in [0.1, 0.15) is 0 Å². The number of methoxy groups -OCH3 is 2. The Morgan fingerprint density at radius 3 is 2.44 bits per heavy atom. The fourth-order valence-corrected chi connectivity index (χ4v) is 4.10. The van der Waals surface area contributed by atoms with Crippen LogP contribution in [0.2, 0.25) is 0 Å². The van der Waals surface area contributed by atoms with Crippen molar-refractivity contribution in [2.75, 3.05) is 14.2 Å². The highest BCUT2D eigenvalue weighted by Crippen LogP contribution is 2.35. The lowest BCUT2D eigenvalue weighted by Gasteiger charge is -2.16. The molecule has 0 amide bonds. The van der Waals surface area contributed by atoms with Crippen molar-refractivity contribution in [3.05, 3.63) is 70.2 Å². The predicted molar refractivity (Wildman–Crippen MR) is 111 cm³/mol. The van der Waals surface area contributed by atoms with E-state index in [0.717, 1.165) is 38.7 Å². The van der Waals surface area contributed by atoms with Gasteiger partial charge in [-0.05, 0) is 29.6 Å². The van der Waals surface area contributed by atoms with Crippen molar-refractivity contribution >= 4 is 22.2 Å². The molecule has 0 aliphatic rings. The normalized spacial score (nSPS) is 10.9. The number of aromatic nitrogens is 1. The van der Waals surface area contributed by atoms with Gasteiger partial charge in [0.05, 0.1) is 30.8 Å². The Bertz CT molecular complexity index is 1180. The van der Waals surface area contributed by atoms with E-state index in [2.05, 4.69) is 0 Å². The van der Waals surface area contributed by atoms with E-state index in [1.165, 1.54) is 0 Å². The number of pyridine rings is 1. The highest BCUT2D eigenvalue weighted by Gasteiger charge is 2.16. The van der Waals surface area contributed by atoms with Gasteiger partial charge in [0.1, 0.15) is 11.5 Å². The molecule has 0 N–H and O–H groups in total. The first-order valence-electron chi connectivity index (χ1n) is 8.52. The maximum absolute atomic E-state index is 13.1. The molecule has 0 saturated carbocycles. The number of hydrogen-bond acceptors (Lipinski definition) is 4. The van der Waals surface area contributed by atoms with Gasteiger partial charge in [-0.3, -0.25) is 4.79 Å². The molecule has 2 aromatic heterocycles. The minimum atomic E-state index is -0.00743. The van der Waals surface area contributed by atoms with Crippen LogP contribution in [0.3, 0.4) is 0 Å². The molecule has 4 rings (SSSR count). The minimum Gasteiger partial charge on any atom is -0.497 e. The fraction of sp³-hybridized carbons (Fsp3) is 0.136. The monoisotopic (exact) mass is 377 g/mol. The van der Waals surface area contributed by atoms with Crippen LogP contribution in [0, 0.1) is 0 Å². The van der Waals surface area contributed by atoms with Gasteiger partial charge in [-0.1, -0.05) is 18.2 Å². The van der Waals surface area contributed by atoms with Gasteiger partial charge in [-0.25, -0.2) is 0 Å². The number of nitrogens with zero attached hydrogens (tertiary/aromatic N) is 1. The first-order chi connectivity index (χ1) is 13.1. The summed E-state index contributed by atoms with van der Waals surface area (Å²) in [5, 5.41) is 2.71. The van der Waals surface area contributed by atoms with E-state index in [1.54, 1.807) is 31.6 Å². The Kier molecular flexibility index (Phi) is 4.46. The molecule has 0 unspecified atom stereocenters. The van der Waals surface area contributed by atoms with Gasteiger partial charge in [0.25, 0.3) is 0 Å². The molecular formula is C22H19NO3S. The Morgan fingerprint density at radius 2 is 1.74 bits per heavy atom. The fourth-order valence-electron chi connectivity index (χ4n) is 3.35. The van der Waals surface area contributed by atoms with Crippen LogP contribution in [0.25, 0.3) is 32.6 Å². The predicted octanol–water partition coefficient (Wildman–Crippen LogP) is 4.95. The van der Waals surface area contributed by atoms with E-state index in [9.17, 15) is 4.79 Å². The third-order valence-electron chi connectivity index (χ3n) is 4.72. The lowest BCUT2D eigenvalue weighted by molar-refractivity contribution is 0.415. The van der Waals surface area contributed by atoms with Gasteiger partial charge in [-0.15, -0.1) is 11.3 Å². The molecule has 0 bridgehead atoms. The maximum Gasteiger partial charge on any atom is 0.190 e. The Labute approximate surface area is 161 Å². The van der Waals surface area contributed by atoms with E-state index < -0.39 is 0 Å². The van der Waals surface area contributed by atoms with Crippen LogP contribution in [-0.4, -0.2) is 18.8 Å². The Morgan fingerprint density at radius 1 is 0.926 bits per heavy atom. The van der Waals surface area contributed by atoms with Crippen molar-refractivity contribution < 1.29 is 9.47 Å². The standard InChI is InChI=1S/C22H19NO3S/c1-23-18(14-6-4-7-15(10-14)25-2)13-20(24)22-17(21-8-5-9-27-21)11-16(26-3)12-19(22)23/h4-13H,1-3H3. The zero-order valence-corrected chi connectivity index (χ0v) is 16.2.